The summed E-state index contributed by atoms with van der Waals surface area (Å²) in [4.78, 5) is 0. The third-order valence-electron chi connectivity index (χ3n) is 11.4. The Balaban J connectivity index is 2.98. The van der Waals surface area contributed by atoms with Gasteiger partial charge >= 0.3 is 0 Å². The van der Waals surface area contributed by atoms with Crippen LogP contribution < -0.4 is 0 Å². The van der Waals surface area contributed by atoms with E-state index in [9.17, 15) is 5.11 Å². The Morgan fingerprint density at radius 1 is 0.565 bits per heavy atom. The lowest BCUT2D eigenvalue weighted by Gasteiger charge is -2.61. The van der Waals surface area contributed by atoms with Crippen LogP contribution in [-0.2, 0) is 8.85 Å². The SMILES string of the molecule is CC(C)(C)[C@@H](O[Si]([Si](C)(C)C)([Si](C)(C)C)[Si](C)(C)C)[C@@H]1CC[C@H]([C@H](O)c2ccccc2)[C@H]1O[Si]([Si](C)(C)C)([Si](C)(C)C)[Si](C)(C)C. The van der Waals surface area contributed by atoms with E-state index < -0.39 is 65.4 Å². The fourth-order valence-corrected chi connectivity index (χ4v) is 200. The van der Waals surface area contributed by atoms with Crippen molar-refractivity contribution in [1.82, 2.24) is 0 Å². The largest absolute Gasteiger partial charge is 0.422 e. The van der Waals surface area contributed by atoms with E-state index in [0.29, 0.717) is 5.92 Å². The van der Waals surface area contributed by atoms with Crippen LogP contribution in [0.4, 0.5) is 0 Å². The highest BCUT2D eigenvalue weighted by molar-refractivity contribution is 7.88. The third kappa shape index (κ3) is 7.99. The molecule has 0 bridgehead atoms. The Hall–Kier alpha value is 0.835. The van der Waals surface area contributed by atoms with Crippen LogP contribution in [0.5, 0.6) is 0 Å². The molecule has 0 heterocycles. The second-order valence-corrected chi connectivity index (χ2v) is 101. The van der Waals surface area contributed by atoms with Gasteiger partial charge in [-0.05, 0) is 23.8 Å². The van der Waals surface area contributed by atoms with Crippen LogP contribution in [-0.4, -0.2) is 76.6 Å². The summed E-state index contributed by atoms with van der Waals surface area (Å²) in [6.07, 6.45) is 1.76. The summed E-state index contributed by atoms with van der Waals surface area (Å²) in [5.41, 5.74) is 1.03. The highest BCUT2D eigenvalue weighted by Crippen LogP contribution is 2.52. The lowest BCUT2D eigenvalue weighted by atomic mass is 9.78. The molecule has 3 nitrogen and oxygen atoms in total. The molecule has 5 atom stereocenters. The summed E-state index contributed by atoms with van der Waals surface area (Å²) in [5, 5.41) is 12.3. The maximum atomic E-state index is 12.3. The van der Waals surface area contributed by atoms with Gasteiger partial charge in [0.05, 0.1) is 63.9 Å². The average Bonchev–Trinajstić information content (AvgIpc) is 3.19. The van der Waals surface area contributed by atoms with Crippen LogP contribution in [0.1, 0.15) is 45.3 Å². The molecule has 0 amide bonds. The van der Waals surface area contributed by atoms with Gasteiger partial charge in [0.2, 0.25) is 0 Å². The van der Waals surface area contributed by atoms with Crippen molar-refractivity contribution in [3.8, 4) is 0 Å². The summed E-state index contributed by atoms with van der Waals surface area (Å²) in [5.74, 6) is 0.397. The minimum absolute atomic E-state index is 0.0161. The zero-order valence-electron chi connectivity index (χ0n) is 34.5. The van der Waals surface area contributed by atoms with Crippen molar-refractivity contribution in [3.05, 3.63) is 35.9 Å². The van der Waals surface area contributed by atoms with Crippen molar-refractivity contribution in [2.75, 3.05) is 0 Å². The van der Waals surface area contributed by atoms with Gasteiger partial charge in [-0.15, -0.1) is 0 Å². The third-order valence-corrected chi connectivity index (χ3v) is 146. The summed E-state index contributed by atoms with van der Waals surface area (Å²) in [7, 11) is -10.2. The average molecular weight is 772 g/mol. The molecule has 0 unspecified atom stereocenters. The van der Waals surface area contributed by atoms with Crippen LogP contribution in [0.25, 0.3) is 0 Å². The molecule has 1 N–H and O–H groups in total. The fourth-order valence-electron chi connectivity index (χ4n) is 11.9. The number of aliphatic hydroxyl groups excluding tert-OH is 1. The normalized spacial score (nSPS) is 23.0. The number of benzene rings is 1. The van der Waals surface area contributed by atoms with Crippen molar-refractivity contribution in [1.29, 1.82) is 0 Å². The van der Waals surface area contributed by atoms with Gasteiger partial charge < -0.3 is 14.0 Å². The van der Waals surface area contributed by atoms with Gasteiger partial charge in [-0.25, -0.2) is 0 Å². The van der Waals surface area contributed by atoms with E-state index in [0.717, 1.165) is 18.4 Å². The first kappa shape index (κ1) is 43.0. The fraction of sp³-hybridized carbons (Fsp3) is 0.829. The van der Waals surface area contributed by atoms with Crippen molar-refractivity contribution in [2.24, 2.45) is 17.3 Å². The summed E-state index contributed by atoms with van der Waals surface area (Å²) in [6, 6.07) is 10.5. The molecular formula is C35H78O3Si8. The second kappa shape index (κ2) is 13.8. The van der Waals surface area contributed by atoms with Gasteiger partial charge in [-0.2, -0.15) is 0 Å². The second-order valence-electron chi connectivity index (χ2n) is 22.1. The van der Waals surface area contributed by atoms with E-state index >= 15 is 0 Å². The maximum Gasteiger partial charge on any atom is 0.158 e. The Morgan fingerprint density at radius 2 is 0.913 bits per heavy atom. The Morgan fingerprint density at radius 3 is 1.24 bits per heavy atom. The first-order valence-electron chi connectivity index (χ1n) is 18.3. The zero-order valence-corrected chi connectivity index (χ0v) is 42.5. The highest BCUT2D eigenvalue weighted by atomic mass is 29.9. The van der Waals surface area contributed by atoms with Crippen molar-refractivity contribution in [2.45, 2.75) is 170 Å². The van der Waals surface area contributed by atoms with Crippen LogP contribution in [0, 0.1) is 17.3 Å². The Bertz CT molecular complexity index is 1070. The van der Waals surface area contributed by atoms with Crippen LogP contribution in [0.15, 0.2) is 30.3 Å². The quantitative estimate of drug-likeness (QED) is 0.203. The lowest BCUT2D eigenvalue weighted by Crippen LogP contribution is -2.86. The van der Waals surface area contributed by atoms with Crippen LogP contribution >= 0.6 is 0 Å². The first-order chi connectivity index (χ1) is 20.2. The predicted molar refractivity (Wildman–Crippen MR) is 228 cm³/mol. The van der Waals surface area contributed by atoms with E-state index in [1.807, 2.05) is 0 Å². The molecule has 11 heteroatoms. The number of hydrogen-bond donors (Lipinski definition) is 1. The zero-order chi connectivity index (χ0) is 36.3. The monoisotopic (exact) mass is 770 g/mol. The standard InChI is InChI=1S/C35H78O3Si8/c1-35(2,3)34(38-46(42(13,14)15,43(16,17)18)44(19,20)21)31-28-27-30(32(36)29-25-23-22-24-26-29)33(31)37-45(39(4,5)6,40(7,8)9)41(10,11)12/h22-26,30-34,36H,27-28H2,1-21H3/t30-,31-,32-,33-,34+/m1/s1. The molecule has 268 valence electrons. The van der Waals surface area contributed by atoms with E-state index in [4.69, 9.17) is 8.85 Å². The molecule has 1 aromatic rings. The molecule has 0 radical (unpaired) electrons. The van der Waals surface area contributed by atoms with E-state index in [2.05, 4.69) is 169 Å². The molecule has 1 saturated carbocycles. The molecule has 2 rings (SSSR count). The lowest BCUT2D eigenvalue weighted by molar-refractivity contribution is -0.0351. The molecule has 0 aliphatic heterocycles. The van der Waals surface area contributed by atoms with E-state index in [1.54, 1.807) is 0 Å². The van der Waals surface area contributed by atoms with Crippen LogP contribution in [0.3, 0.4) is 0 Å². The van der Waals surface area contributed by atoms with Gasteiger partial charge in [0.15, 0.2) is 13.7 Å². The Labute approximate surface area is 294 Å². The predicted octanol–water partition coefficient (Wildman–Crippen LogP) is 11.0. The van der Waals surface area contributed by atoms with Crippen molar-refractivity contribution >= 4 is 59.3 Å². The van der Waals surface area contributed by atoms with Gasteiger partial charge in [0.1, 0.15) is 0 Å². The summed E-state index contributed by atoms with van der Waals surface area (Å²) < 4.78 is 16.7. The highest BCUT2D eigenvalue weighted by Gasteiger charge is 2.68. The van der Waals surface area contributed by atoms with Crippen molar-refractivity contribution < 1.29 is 14.0 Å². The van der Waals surface area contributed by atoms with Crippen molar-refractivity contribution in [3.63, 3.8) is 0 Å². The van der Waals surface area contributed by atoms with E-state index in [1.165, 1.54) is 0 Å². The molecule has 1 aliphatic carbocycles. The molecule has 1 aliphatic rings. The van der Waals surface area contributed by atoms with Gasteiger partial charge in [0.25, 0.3) is 0 Å². The smallest absolute Gasteiger partial charge is 0.158 e. The minimum Gasteiger partial charge on any atom is -0.422 e. The summed E-state index contributed by atoms with van der Waals surface area (Å²) >= 11 is 0. The molecule has 1 fully saturated rings. The molecule has 1 aromatic carbocycles. The first-order valence-corrected chi connectivity index (χ1v) is 49.1. The van der Waals surface area contributed by atoms with Gasteiger partial charge in [-0.1, -0.05) is 169 Å². The number of aliphatic hydroxyl groups is 1. The molecule has 0 saturated heterocycles. The van der Waals surface area contributed by atoms with E-state index in [-0.39, 0.29) is 23.5 Å². The van der Waals surface area contributed by atoms with Crippen LogP contribution in [0.2, 0.25) is 118 Å². The topological polar surface area (TPSA) is 38.7 Å². The molecule has 0 aromatic heterocycles. The molecular weight excluding hydrogens is 693 g/mol. The molecule has 46 heavy (non-hydrogen) atoms. The van der Waals surface area contributed by atoms with Gasteiger partial charge in [0, 0.05) is 11.8 Å². The minimum atomic E-state index is -2.18. The summed E-state index contributed by atoms with van der Waals surface area (Å²) in [6.45, 7) is 50.7. The number of rotatable bonds is 13. The Kier molecular flexibility index (Phi) is 12.9. The maximum absolute atomic E-state index is 12.3. The number of hydrogen-bond acceptors (Lipinski definition) is 3. The van der Waals surface area contributed by atoms with Gasteiger partial charge in [-0.3, -0.25) is 0 Å². The molecule has 0 spiro atoms.